The van der Waals surface area contributed by atoms with Crippen molar-refractivity contribution in [2.24, 2.45) is 5.92 Å². The maximum absolute atomic E-state index is 13.3. The van der Waals surface area contributed by atoms with Gasteiger partial charge in [0, 0.05) is 38.1 Å². The van der Waals surface area contributed by atoms with Gasteiger partial charge in [0.2, 0.25) is 10.0 Å². The molecular weight excluding hydrogens is 417 g/mol. The molecule has 1 aromatic heterocycles. The van der Waals surface area contributed by atoms with Crippen molar-refractivity contribution in [3.05, 3.63) is 58.7 Å². The number of hydrogen-bond acceptors (Lipinski definition) is 4. The zero-order valence-corrected chi connectivity index (χ0v) is 19.2. The number of sulfonamides is 1. The van der Waals surface area contributed by atoms with Crippen LogP contribution >= 0.6 is 0 Å². The Labute approximate surface area is 183 Å². The van der Waals surface area contributed by atoms with Crippen LogP contribution in [-0.2, 0) is 21.2 Å². The topological polar surface area (TPSA) is 64.4 Å². The summed E-state index contributed by atoms with van der Waals surface area (Å²) in [6.45, 7) is 5.16. The van der Waals surface area contributed by atoms with E-state index in [1.54, 1.807) is 30.5 Å². The number of rotatable bonds is 8. The summed E-state index contributed by atoms with van der Waals surface area (Å²) >= 11 is 0. The Bertz CT molecular complexity index is 1080. The average Bonchev–Trinajstić information content (AvgIpc) is 3.36. The summed E-state index contributed by atoms with van der Waals surface area (Å²) in [4.78, 5) is 0. The Morgan fingerprint density at radius 3 is 2.71 bits per heavy atom. The maximum Gasteiger partial charge on any atom is 0.213 e. The summed E-state index contributed by atoms with van der Waals surface area (Å²) < 4.78 is 47.3. The third-order valence-electron chi connectivity index (χ3n) is 6.66. The second kappa shape index (κ2) is 8.84. The average molecular weight is 448 g/mol. The molecule has 4 rings (SSSR count). The number of benzene rings is 1. The van der Waals surface area contributed by atoms with Crippen LogP contribution in [0.2, 0.25) is 0 Å². The van der Waals surface area contributed by atoms with Gasteiger partial charge in [-0.3, -0.25) is 0 Å². The van der Waals surface area contributed by atoms with E-state index in [0.717, 1.165) is 30.6 Å². The van der Waals surface area contributed by atoms with Gasteiger partial charge in [-0.15, -0.1) is 0 Å². The van der Waals surface area contributed by atoms with Crippen LogP contribution in [0.1, 0.15) is 43.9 Å². The standard InChI is InChI=1S/C23H30FN3O3S/c1-4-31(28,29)26(11-12-30-3)15-18-6-5-17-13-22-21(16(2)23(17)18)14-25-27(22)20-9-7-19(24)8-10-20/h7-10,14,16,18H,4-6,11-13,15H2,1-3H3/t16-,18+/m0/s1. The molecule has 0 bridgehead atoms. The van der Waals surface area contributed by atoms with Gasteiger partial charge in [0.15, 0.2) is 0 Å². The van der Waals surface area contributed by atoms with Crippen molar-refractivity contribution in [2.75, 3.05) is 32.6 Å². The Morgan fingerprint density at radius 1 is 1.29 bits per heavy atom. The first-order chi connectivity index (χ1) is 14.9. The highest BCUT2D eigenvalue weighted by molar-refractivity contribution is 7.89. The van der Waals surface area contributed by atoms with E-state index in [1.165, 1.54) is 28.8 Å². The van der Waals surface area contributed by atoms with E-state index in [4.69, 9.17) is 4.74 Å². The van der Waals surface area contributed by atoms with Gasteiger partial charge in [-0.2, -0.15) is 9.40 Å². The molecule has 0 saturated heterocycles. The fourth-order valence-electron chi connectivity index (χ4n) is 5.04. The van der Waals surface area contributed by atoms with Crippen molar-refractivity contribution < 1.29 is 17.5 Å². The van der Waals surface area contributed by atoms with E-state index in [0.29, 0.717) is 19.7 Å². The minimum absolute atomic E-state index is 0.0967. The smallest absolute Gasteiger partial charge is 0.213 e. The molecule has 2 aliphatic rings. The minimum atomic E-state index is -3.29. The minimum Gasteiger partial charge on any atom is -0.383 e. The molecule has 1 heterocycles. The van der Waals surface area contributed by atoms with Crippen LogP contribution in [0.5, 0.6) is 0 Å². The molecule has 0 saturated carbocycles. The number of allylic oxidation sites excluding steroid dienone is 1. The molecule has 1 aromatic carbocycles. The van der Waals surface area contributed by atoms with E-state index < -0.39 is 10.0 Å². The number of ether oxygens (including phenoxy) is 1. The van der Waals surface area contributed by atoms with Crippen LogP contribution in [0.4, 0.5) is 4.39 Å². The van der Waals surface area contributed by atoms with Gasteiger partial charge in [-0.05, 0) is 49.9 Å². The SMILES string of the molecule is CCS(=O)(=O)N(CCOC)C[C@H]1CCC2=C1[C@@H](C)c1cnn(-c3ccc(F)cc3)c1C2. The van der Waals surface area contributed by atoms with Crippen LogP contribution in [0.15, 0.2) is 41.6 Å². The van der Waals surface area contributed by atoms with Crippen molar-refractivity contribution in [1.29, 1.82) is 0 Å². The molecule has 0 amide bonds. The lowest BCUT2D eigenvalue weighted by atomic mass is 9.80. The number of halogens is 1. The van der Waals surface area contributed by atoms with Crippen molar-refractivity contribution in [3.8, 4) is 5.69 Å². The summed E-state index contributed by atoms with van der Waals surface area (Å²) in [5.74, 6) is 0.237. The van der Waals surface area contributed by atoms with E-state index >= 15 is 0 Å². The molecule has 0 unspecified atom stereocenters. The molecule has 0 spiro atoms. The summed E-state index contributed by atoms with van der Waals surface area (Å²) in [7, 11) is -1.69. The number of aromatic nitrogens is 2. The van der Waals surface area contributed by atoms with Gasteiger partial charge in [0.25, 0.3) is 0 Å². The molecule has 2 atom stereocenters. The van der Waals surface area contributed by atoms with Gasteiger partial charge in [0.1, 0.15) is 5.82 Å². The fraction of sp³-hybridized carbons (Fsp3) is 0.522. The molecule has 2 aromatic rings. The number of hydrogen-bond donors (Lipinski definition) is 0. The highest BCUT2D eigenvalue weighted by Crippen LogP contribution is 2.47. The number of methoxy groups -OCH3 is 1. The highest BCUT2D eigenvalue weighted by atomic mass is 32.2. The predicted molar refractivity (Wildman–Crippen MR) is 118 cm³/mol. The molecule has 6 nitrogen and oxygen atoms in total. The van der Waals surface area contributed by atoms with E-state index in [9.17, 15) is 12.8 Å². The molecule has 8 heteroatoms. The fourth-order valence-corrected chi connectivity index (χ4v) is 6.17. The maximum atomic E-state index is 13.3. The molecule has 168 valence electrons. The summed E-state index contributed by atoms with van der Waals surface area (Å²) in [5.41, 5.74) is 5.95. The Kier molecular flexibility index (Phi) is 6.32. The number of fused-ring (bicyclic) bond motifs is 1. The molecule has 0 aliphatic heterocycles. The molecule has 2 aliphatic carbocycles. The van der Waals surface area contributed by atoms with Crippen LogP contribution in [0.25, 0.3) is 5.69 Å². The first-order valence-electron chi connectivity index (χ1n) is 10.9. The van der Waals surface area contributed by atoms with Crippen molar-refractivity contribution in [1.82, 2.24) is 14.1 Å². The summed E-state index contributed by atoms with van der Waals surface area (Å²) in [6, 6.07) is 6.40. The van der Waals surface area contributed by atoms with Crippen LogP contribution < -0.4 is 0 Å². The first-order valence-corrected chi connectivity index (χ1v) is 12.5. The highest BCUT2D eigenvalue weighted by Gasteiger charge is 2.38. The van der Waals surface area contributed by atoms with Gasteiger partial charge in [0.05, 0.1) is 29.9 Å². The van der Waals surface area contributed by atoms with Gasteiger partial charge in [-0.1, -0.05) is 18.1 Å². The normalized spacial score (nSPS) is 20.9. The lowest BCUT2D eigenvalue weighted by Gasteiger charge is -2.30. The molecule has 0 fully saturated rings. The first kappa shape index (κ1) is 22.2. The van der Waals surface area contributed by atoms with E-state index in [-0.39, 0.29) is 23.4 Å². The molecular formula is C23H30FN3O3S. The molecule has 0 N–H and O–H groups in total. The lowest BCUT2D eigenvalue weighted by molar-refractivity contribution is 0.175. The quantitative estimate of drug-likeness (QED) is 0.579. The Morgan fingerprint density at radius 2 is 2.03 bits per heavy atom. The third-order valence-corrected chi connectivity index (χ3v) is 8.50. The summed E-state index contributed by atoms with van der Waals surface area (Å²) in [5, 5.41) is 4.60. The third kappa shape index (κ3) is 4.21. The lowest BCUT2D eigenvalue weighted by Crippen LogP contribution is -2.39. The van der Waals surface area contributed by atoms with Gasteiger partial charge in [-0.25, -0.2) is 17.5 Å². The second-order valence-corrected chi connectivity index (χ2v) is 10.6. The van der Waals surface area contributed by atoms with Crippen molar-refractivity contribution >= 4 is 10.0 Å². The van der Waals surface area contributed by atoms with E-state index in [1.807, 2.05) is 10.9 Å². The number of nitrogens with zero attached hydrogens (tertiary/aromatic N) is 3. The predicted octanol–water partition coefficient (Wildman–Crippen LogP) is 3.68. The van der Waals surface area contributed by atoms with Crippen LogP contribution in [-0.4, -0.2) is 55.1 Å². The second-order valence-electron chi connectivity index (χ2n) is 8.38. The monoisotopic (exact) mass is 447 g/mol. The zero-order valence-electron chi connectivity index (χ0n) is 18.3. The van der Waals surface area contributed by atoms with Gasteiger partial charge < -0.3 is 4.74 Å². The molecule has 31 heavy (non-hydrogen) atoms. The molecule has 0 radical (unpaired) electrons. The zero-order chi connectivity index (χ0) is 22.2. The van der Waals surface area contributed by atoms with Gasteiger partial charge >= 0.3 is 0 Å². The Hall–Kier alpha value is -2.03. The van der Waals surface area contributed by atoms with Crippen LogP contribution in [0, 0.1) is 11.7 Å². The Balaban J connectivity index is 1.60. The largest absolute Gasteiger partial charge is 0.383 e. The summed E-state index contributed by atoms with van der Waals surface area (Å²) in [6.07, 6.45) is 4.66. The van der Waals surface area contributed by atoms with Crippen molar-refractivity contribution in [2.45, 2.75) is 39.0 Å². The van der Waals surface area contributed by atoms with Crippen LogP contribution in [0.3, 0.4) is 0 Å². The van der Waals surface area contributed by atoms with Crippen molar-refractivity contribution in [3.63, 3.8) is 0 Å². The van der Waals surface area contributed by atoms with E-state index in [2.05, 4.69) is 12.0 Å².